The molecule has 0 radical (unpaired) electrons. The molecule has 115 heavy (non-hydrogen) atoms. The maximum atomic E-state index is 15.2. The van der Waals surface area contributed by atoms with Crippen LogP contribution in [0, 0.1) is 103 Å². The van der Waals surface area contributed by atoms with Gasteiger partial charge in [0, 0.05) is 65.6 Å². The second-order valence-corrected chi connectivity index (χ2v) is 33.2. The lowest BCUT2D eigenvalue weighted by Crippen LogP contribution is -2.36. The summed E-state index contributed by atoms with van der Waals surface area (Å²) in [6.45, 7) is 48.2. The highest BCUT2D eigenvalue weighted by atomic mass is 19.1. The normalized spacial score (nSPS) is 11.6. The van der Waals surface area contributed by atoms with E-state index in [0.29, 0.717) is 29.2 Å². The lowest BCUT2D eigenvalue weighted by molar-refractivity contribution is -0.634. The molecular weight excluding hydrogens is 1410 g/mol. The van der Waals surface area contributed by atoms with Crippen LogP contribution in [0.5, 0.6) is 0 Å². The second-order valence-electron chi connectivity index (χ2n) is 33.2. The largest absolute Gasteiger partial charge is 0.299 e. The summed E-state index contributed by atoms with van der Waals surface area (Å²) in [7, 11) is 8.51. The lowest BCUT2D eigenvalue weighted by atomic mass is 9.92. The number of nitrogens with zero attached hydrogens (tertiary/aromatic N) is 12. The maximum Gasteiger partial charge on any atom is 0.299 e. The summed E-state index contributed by atoms with van der Waals surface area (Å²) in [4.78, 5) is 17.3. The van der Waals surface area contributed by atoms with Crippen molar-refractivity contribution in [1.29, 1.82) is 0 Å². The smallest absolute Gasteiger partial charge is 0.264 e. The molecule has 586 valence electrons. The third-order valence-corrected chi connectivity index (χ3v) is 23.8. The molecule has 16 rings (SSSR count). The van der Waals surface area contributed by atoms with Crippen LogP contribution in [0.4, 0.5) is 4.39 Å². The Morgan fingerprint density at radius 3 is 1.11 bits per heavy atom. The Labute approximate surface area is 680 Å². The van der Waals surface area contributed by atoms with Crippen molar-refractivity contribution >= 4 is 44.1 Å². The number of pyridine rings is 4. The fourth-order valence-electron chi connectivity index (χ4n) is 16.8. The third-order valence-electron chi connectivity index (χ3n) is 23.8. The van der Waals surface area contributed by atoms with Gasteiger partial charge in [0.05, 0.1) is 44.9 Å². The van der Waals surface area contributed by atoms with Crippen molar-refractivity contribution in [2.75, 3.05) is 0 Å². The molecule has 0 bridgehead atoms. The first kappa shape index (κ1) is 81.2. The first-order valence-corrected chi connectivity index (χ1v) is 40.6. The van der Waals surface area contributed by atoms with E-state index in [2.05, 4.69) is 375 Å². The highest BCUT2D eigenvalue weighted by Crippen LogP contribution is 2.41. The second kappa shape index (κ2) is 32.9. The van der Waals surface area contributed by atoms with Gasteiger partial charge in [-0.1, -0.05) is 134 Å². The molecule has 8 heterocycles. The Morgan fingerprint density at radius 2 is 0.696 bits per heavy atom. The highest BCUT2D eigenvalue weighted by molar-refractivity contribution is 5.85. The molecule has 0 saturated carbocycles. The summed E-state index contributed by atoms with van der Waals surface area (Å²) in [5.41, 5.74) is 41.2. The minimum atomic E-state index is -0.440. The molecule has 0 amide bonds. The van der Waals surface area contributed by atoms with Crippen molar-refractivity contribution in [3.8, 4) is 68.3 Å². The van der Waals surface area contributed by atoms with Crippen LogP contribution in [0.3, 0.4) is 0 Å². The van der Waals surface area contributed by atoms with E-state index >= 15 is 4.39 Å². The van der Waals surface area contributed by atoms with Gasteiger partial charge in [-0.15, -0.1) is 0 Å². The Kier molecular flexibility index (Phi) is 23.3. The fourth-order valence-corrected chi connectivity index (χ4v) is 16.8. The number of aryl methyl sites for hydroxylation is 18. The number of fused-ring (bicyclic) bond motifs is 4. The zero-order valence-corrected chi connectivity index (χ0v) is 72.6. The number of para-hydroxylation sites is 4. The van der Waals surface area contributed by atoms with Crippen LogP contribution in [0.2, 0.25) is 0 Å². The van der Waals surface area contributed by atoms with Gasteiger partial charge >= 0.3 is 0 Å². The van der Waals surface area contributed by atoms with Gasteiger partial charge in [0.1, 0.15) is 28.3 Å². The highest BCUT2D eigenvalue weighted by Gasteiger charge is 2.37. The molecule has 0 fully saturated rings. The lowest BCUT2D eigenvalue weighted by Gasteiger charge is -2.18. The van der Waals surface area contributed by atoms with Crippen LogP contribution in [-0.4, -0.2) is 38.2 Å². The summed E-state index contributed by atoms with van der Waals surface area (Å²) >= 11 is 0. The minimum Gasteiger partial charge on any atom is -0.264 e. The molecule has 12 nitrogen and oxygen atoms in total. The molecule has 0 spiro atoms. The summed E-state index contributed by atoms with van der Waals surface area (Å²) in [5, 5.41) is 0. The Balaban J connectivity index is 0.000000134. The molecule has 0 unspecified atom stereocenters. The van der Waals surface area contributed by atoms with Crippen molar-refractivity contribution in [2.24, 2.45) is 28.2 Å². The van der Waals surface area contributed by atoms with Gasteiger partial charge in [0.25, 0.3) is 23.3 Å². The van der Waals surface area contributed by atoms with E-state index in [1.807, 2.05) is 57.2 Å². The molecule has 16 aromatic rings. The molecule has 0 atom stereocenters. The van der Waals surface area contributed by atoms with E-state index in [0.717, 1.165) is 50.9 Å². The standard InChI is InChI=1S/C28H34N3.C27H31FN3.C24H26N3.C23H24N3/c1-17(2)22-10-9-11-23(18(3)4)27(22)31-26-15-21(7)20(6)14-25(26)30(8)28(31)24-16-29-13-12-19(24)5;1-16(2)20-9-8-10-21(17(3)4)25(20)31-22-12-11-18(5)15-23(22)30(7)27(31)24-19(6)13-14-29-26(24)28;1-15-10-11-25-14-20(15)24-26(6)21-12-18(4)19(5)13-22(21)27(24)23-16(2)8-7-9-17(23)3;1-15-10-11-24-14-19(15)23-25(5)21-12-17(3)18(4)13-22(21)26(23)20-9-7-6-8-16(20)2/h9-18H,1-8H3;8-17H,1-7H3;7-14H,1-6H3;6-14H,1-5H3/q4*+1. The minimum absolute atomic E-state index is 0.328. The van der Waals surface area contributed by atoms with Crippen LogP contribution < -0.4 is 18.3 Å². The number of benzene rings is 8. The van der Waals surface area contributed by atoms with Gasteiger partial charge in [-0.2, -0.15) is 22.7 Å². The van der Waals surface area contributed by atoms with Crippen molar-refractivity contribution in [3.05, 3.63) is 307 Å². The van der Waals surface area contributed by atoms with Gasteiger partial charge < -0.3 is 0 Å². The predicted octanol–water partition coefficient (Wildman–Crippen LogP) is 23.0. The molecule has 8 aromatic carbocycles. The molecular formula is C102H115FN12+4. The first-order valence-electron chi connectivity index (χ1n) is 40.6. The van der Waals surface area contributed by atoms with Crippen LogP contribution >= 0.6 is 0 Å². The molecule has 0 N–H and O–H groups in total. The van der Waals surface area contributed by atoms with Crippen LogP contribution in [-0.2, 0) is 28.2 Å². The number of hydrogen-bond donors (Lipinski definition) is 0. The summed E-state index contributed by atoms with van der Waals surface area (Å²) < 4.78 is 33.8. The van der Waals surface area contributed by atoms with Gasteiger partial charge in [-0.3, -0.25) is 15.0 Å². The van der Waals surface area contributed by atoms with E-state index in [9.17, 15) is 0 Å². The zero-order valence-electron chi connectivity index (χ0n) is 72.6. The Hall–Kier alpha value is -11.8. The van der Waals surface area contributed by atoms with Gasteiger partial charge in [-0.25, -0.2) is 23.3 Å². The van der Waals surface area contributed by atoms with Gasteiger partial charge in [-0.05, 0) is 277 Å². The Morgan fingerprint density at radius 1 is 0.322 bits per heavy atom. The van der Waals surface area contributed by atoms with Crippen LogP contribution in [0.25, 0.3) is 112 Å². The molecule has 8 aromatic heterocycles. The zero-order chi connectivity index (χ0) is 82.6. The third kappa shape index (κ3) is 15.0. The topological polar surface area (TPSA) is 86.8 Å². The number of rotatable bonds is 12. The van der Waals surface area contributed by atoms with E-state index in [1.165, 1.54) is 162 Å². The average molecular weight is 1530 g/mol. The molecule has 0 aliphatic heterocycles. The van der Waals surface area contributed by atoms with Crippen molar-refractivity contribution in [3.63, 3.8) is 0 Å². The molecule has 13 heteroatoms. The predicted molar refractivity (Wildman–Crippen MR) is 473 cm³/mol. The van der Waals surface area contributed by atoms with E-state index < -0.39 is 5.95 Å². The summed E-state index contributed by atoms with van der Waals surface area (Å²) in [5.74, 6) is 5.38. The SMILES string of the molecule is Cc1cc2c(cc1C)[n+](C)c(-c1cnccc1C)n2-c1c(C(C)C)cccc1C(C)C.Cc1cc2c(cc1C)[n+](C)c(-c1cnccc1C)n2-c1c(C)cccc1C.Cc1cc2c(cc1C)[n+](C)c(-c1cnccc1C)n2-c1ccccc1C.Cc1ccc2c(c1)n(C)c(-c1c(C)ccnc1F)[n+]2-c1c(C(C)C)cccc1C(C)C. The van der Waals surface area contributed by atoms with Crippen molar-refractivity contribution in [2.45, 2.75) is 176 Å². The van der Waals surface area contributed by atoms with Gasteiger partial charge in [0.15, 0.2) is 44.1 Å². The van der Waals surface area contributed by atoms with E-state index in [4.69, 9.17) is 0 Å². The molecule has 0 aliphatic carbocycles. The van der Waals surface area contributed by atoms with Crippen LogP contribution in [0.1, 0.15) is 179 Å². The Bertz CT molecular complexity index is 6330. The van der Waals surface area contributed by atoms with E-state index in [-0.39, 0.29) is 0 Å². The van der Waals surface area contributed by atoms with Crippen molar-refractivity contribution in [1.82, 2.24) is 38.2 Å². The van der Waals surface area contributed by atoms with Crippen molar-refractivity contribution < 1.29 is 22.7 Å². The fraction of sp³-hybridized carbons (Fsp3) is 0.294. The number of aromatic nitrogens is 12. The van der Waals surface area contributed by atoms with Crippen LogP contribution in [0.15, 0.2) is 201 Å². The maximum absolute atomic E-state index is 15.2. The number of halogens is 1. The summed E-state index contributed by atoms with van der Waals surface area (Å²) in [6.07, 6.45) is 13.1. The summed E-state index contributed by atoms with van der Waals surface area (Å²) in [6, 6.07) is 56.8. The monoisotopic (exact) mass is 1530 g/mol. The van der Waals surface area contributed by atoms with Gasteiger partial charge in [0.2, 0.25) is 5.95 Å². The average Bonchev–Trinajstić information content (AvgIpc) is 1.59. The number of hydrogen-bond acceptors (Lipinski definition) is 4. The quantitative estimate of drug-likeness (QED) is 0.0901. The molecule has 0 saturated heterocycles. The first-order chi connectivity index (χ1) is 54.8. The number of imidazole rings is 4. The van der Waals surface area contributed by atoms with E-state index in [1.54, 1.807) is 0 Å². The molecule has 0 aliphatic rings.